The molecule has 2 aromatic rings. The van der Waals surface area contributed by atoms with Crippen molar-refractivity contribution in [3.8, 4) is 12.3 Å². The van der Waals surface area contributed by atoms with Crippen molar-refractivity contribution >= 4 is 23.6 Å². The standard InChI is InChI=1S/C29H37N3O5/c1-8-21-13-15-22(16-14-21)25(26(34)30-23-12-10-9-11-20(23)4)32(17-18-33)27(35)24(19(2)3)31-28(36)37-29(5,6)7/h1,9-16,19,24-25,33H,17-18H2,2-7H3,(H,30,34)(H,31,36). The third-order valence-corrected chi connectivity index (χ3v) is 5.58. The maximum Gasteiger partial charge on any atom is 0.408 e. The molecule has 0 saturated heterocycles. The van der Waals surface area contributed by atoms with Gasteiger partial charge < -0.3 is 25.4 Å². The summed E-state index contributed by atoms with van der Waals surface area (Å²) in [7, 11) is 0. The molecule has 8 heteroatoms. The van der Waals surface area contributed by atoms with Crippen molar-refractivity contribution in [3.63, 3.8) is 0 Å². The molecule has 2 aromatic carbocycles. The summed E-state index contributed by atoms with van der Waals surface area (Å²) >= 11 is 0. The van der Waals surface area contributed by atoms with Gasteiger partial charge in [-0.15, -0.1) is 6.42 Å². The summed E-state index contributed by atoms with van der Waals surface area (Å²) in [6, 6.07) is 11.9. The topological polar surface area (TPSA) is 108 Å². The van der Waals surface area contributed by atoms with Crippen LogP contribution in [-0.4, -0.2) is 52.7 Å². The van der Waals surface area contributed by atoms with Gasteiger partial charge in [-0.1, -0.05) is 50.1 Å². The van der Waals surface area contributed by atoms with E-state index in [0.717, 1.165) is 5.56 Å². The first-order valence-electron chi connectivity index (χ1n) is 12.2. The highest BCUT2D eigenvalue weighted by molar-refractivity contribution is 5.99. The molecule has 0 aliphatic heterocycles. The number of aliphatic hydroxyl groups is 1. The number of para-hydroxylation sites is 1. The molecule has 37 heavy (non-hydrogen) atoms. The predicted molar refractivity (Wildman–Crippen MR) is 144 cm³/mol. The molecule has 3 N–H and O–H groups in total. The average Bonchev–Trinajstić information content (AvgIpc) is 2.82. The summed E-state index contributed by atoms with van der Waals surface area (Å²) in [5, 5.41) is 15.4. The molecule has 2 atom stereocenters. The number of nitrogens with one attached hydrogen (secondary N) is 2. The zero-order chi connectivity index (χ0) is 27.8. The van der Waals surface area contributed by atoms with Crippen molar-refractivity contribution in [2.24, 2.45) is 5.92 Å². The Morgan fingerprint density at radius 1 is 1.08 bits per heavy atom. The van der Waals surface area contributed by atoms with Crippen molar-refractivity contribution in [3.05, 3.63) is 65.2 Å². The highest BCUT2D eigenvalue weighted by atomic mass is 16.6. The Labute approximate surface area is 219 Å². The summed E-state index contributed by atoms with van der Waals surface area (Å²) in [6.07, 6.45) is 4.75. The Hall–Kier alpha value is -3.83. The van der Waals surface area contributed by atoms with Crippen LogP contribution in [0.5, 0.6) is 0 Å². The molecule has 0 saturated carbocycles. The Bertz CT molecular complexity index is 1130. The number of benzene rings is 2. The number of aliphatic hydroxyl groups excluding tert-OH is 1. The maximum absolute atomic E-state index is 13.9. The fourth-order valence-electron chi connectivity index (χ4n) is 3.75. The third kappa shape index (κ3) is 8.36. The smallest absolute Gasteiger partial charge is 0.408 e. The van der Waals surface area contributed by atoms with Gasteiger partial charge in [-0.25, -0.2) is 4.79 Å². The second-order valence-electron chi connectivity index (χ2n) is 10.1. The van der Waals surface area contributed by atoms with Crippen molar-refractivity contribution in [2.45, 2.75) is 59.2 Å². The molecule has 0 aromatic heterocycles. The first kappa shape index (κ1) is 29.4. The van der Waals surface area contributed by atoms with Crippen LogP contribution in [-0.2, 0) is 14.3 Å². The van der Waals surface area contributed by atoms with Crippen LogP contribution in [0.3, 0.4) is 0 Å². The van der Waals surface area contributed by atoms with Gasteiger partial charge in [0.15, 0.2) is 0 Å². The second-order valence-corrected chi connectivity index (χ2v) is 10.1. The lowest BCUT2D eigenvalue weighted by Gasteiger charge is -2.35. The first-order chi connectivity index (χ1) is 17.4. The van der Waals surface area contributed by atoms with E-state index < -0.39 is 35.6 Å². The molecule has 2 unspecified atom stereocenters. The summed E-state index contributed by atoms with van der Waals surface area (Å²) in [4.78, 5) is 41.4. The van der Waals surface area contributed by atoms with Crippen LogP contribution in [0.2, 0.25) is 0 Å². The molecule has 0 aliphatic carbocycles. The number of aryl methyl sites for hydroxylation is 1. The van der Waals surface area contributed by atoms with Gasteiger partial charge in [0.1, 0.15) is 17.7 Å². The van der Waals surface area contributed by atoms with E-state index in [1.54, 1.807) is 71.0 Å². The molecule has 0 fully saturated rings. The molecular weight excluding hydrogens is 470 g/mol. The van der Waals surface area contributed by atoms with Gasteiger partial charge in [-0.05, 0) is 62.9 Å². The predicted octanol–water partition coefficient (Wildman–Crippen LogP) is 4.03. The highest BCUT2D eigenvalue weighted by Crippen LogP contribution is 2.26. The lowest BCUT2D eigenvalue weighted by molar-refractivity contribution is -0.142. The average molecular weight is 508 g/mol. The number of anilines is 1. The Morgan fingerprint density at radius 3 is 2.22 bits per heavy atom. The summed E-state index contributed by atoms with van der Waals surface area (Å²) in [6.45, 7) is 10.1. The molecule has 0 bridgehead atoms. The van der Waals surface area contributed by atoms with Gasteiger partial charge >= 0.3 is 6.09 Å². The van der Waals surface area contributed by atoms with Gasteiger partial charge in [0, 0.05) is 17.8 Å². The van der Waals surface area contributed by atoms with Gasteiger partial charge in [0.2, 0.25) is 5.91 Å². The number of nitrogens with zero attached hydrogens (tertiary/aromatic N) is 1. The third-order valence-electron chi connectivity index (χ3n) is 5.58. The van der Waals surface area contributed by atoms with Crippen LogP contribution in [0, 0.1) is 25.2 Å². The minimum atomic E-state index is -1.10. The summed E-state index contributed by atoms with van der Waals surface area (Å²) < 4.78 is 5.35. The Morgan fingerprint density at radius 2 is 1.70 bits per heavy atom. The van der Waals surface area contributed by atoms with Crippen LogP contribution in [0.4, 0.5) is 10.5 Å². The van der Waals surface area contributed by atoms with Crippen molar-refractivity contribution in [1.82, 2.24) is 10.2 Å². The fourth-order valence-corrected chi connectivity index (χ4v) is 3.75. The van der Waals surface area contributed by atoms with Crippen molar-refractivity contribution in [1.29, 1.82) is 0 Å². The van der Waals surface area contributed by atoms with Crippen molar-refractivity contribution in [2.75, 3.05) is 18.5 Å². The van der Waals surface area contributed by atoms with Crippen LogP contribution < -0.4 is 10.6 Å². The molecule has 0 spiro atoms. The van der Waals surface area contributed by atoms with E-state index in [2.05, 4.69) is 16.6 Å². The van der Waals surface area contributed by atoms with E-state index in [0.29, 0.717) is 16.8 Å². The van der Waals surface area contributed by atoms with E-state index >= 15 is 0 Å². The van der Waals surface area contributed by atoms with Crippen molar-refractivity contribution < 1.29 is 24.2 Å². The molecule has 0 radical (unpaired) electrons. The van der Waals surface area contributed by atoms with Crippen LogP contribution in [0.15, 0.2) is 48.5 Å². The van der Waals surface area contributed by atoms with Gasteiger partial charge in [0.05, 0.1) is 6.61 Å². The minimum Gasteiger partial charge on any atom is -0.444 e. The molecule has 3 amide bonds. The number of terminal acetylenes is 1. The maximum atomic E-state index is 13.9. The van der Waals surface area contributed by atoms with Crippen LogP contribution in [0.25, 0.3) is 0 Å². The molecule has 2 rings (SSSR count). The van der Waals surface area contributed by atoms with Gasteiger partial charge in [-0.2, -0.15) is 0 Å². The largest absolute Gasteiger partial charge is 0.444 e. The van der Waals surface area contributed by atoms with E-state index in [1.165, 1.54) is 4.90 Å². The molecule has 8 nitrogen and oxygen atoms in total. The lowest BCUT2D eigenvalue weighted by Crippen LogP contribution is -2.55. The number of hydrogen-bond donors (Lipinski definition) is 3. The number of alkyl carbamates (subject to hydrolysis) is 1. The van der Waals surface area contributed by atoms with Crippen LogP contribution in [0.1, 0.15) is 57.4 Å². The Balaban J connectivity index is 2.51. The molecule has 0 heterocycles. The summed E-state index contributed by atoms with van der Waals surface area (Å²) in [5.74, 6) is 1.21. The second kappa shape index (κ2) is 12.9. The zero-order valence-corrected chi connectivity index (χ0v) is 22.4. The summed E-state index contributed by atoms with van der Waals surface area (Å²) in [5.41, 5.74) is 1.82. The highest BCUT2D eigenvalue weighted by Gasteiger charge is 2.37. The normalized spacial score (nSPS) is 12.7. The lowest BCUT2D eigenvalue weighted by atomic mass is 9.98. The van der Waals surface area contributed by atoms with E-state index in [-0.39, 0.29) is 19.1 Å². The van der Waals surface area contributed by atoms with E-state index in [1.807, 2.05) is 19.1 Å². The zero-order valence-electron chi connectivity index (χ0n) is 22.4. The number of rotatable bonds is 9. The number of carbonyl (C=O) groups is 3. The SMILES string of the molecule is C#Cc1ccc(C(C(=O)Nc2ccccc2C)N(CCO)C(=O)C(NC(=O)OC(C)(C)C)C(C)C)cc1. The van der Waals surface area contributed by atoms with E-state index in [9.17, 15) is 19.5 Å². The molecule has 0 aliphatic rings. The number of amides is 3. The first-order valence-corrected chi connectivity index (χ1v) is 12.2. The number of hydrogen-bond acceptors (Lipinski definition) is 5. The Kier molecular flexibility index (Phi) is 10.3. The number of ether oxygens (including phenoxy) is 1. The van der Waals surface area contributed by atoms with E-state index in [4.69, 9.17) is 11.2 Å². The molecular formula is C29H37N3O5. The van der Waals surface area contributed by atoms with Crippen LogP contribution >= 0.6 is 0 Å². The quantitative estimate of drug-likeness (QED) is 0.444. The number of carbonyl (C=O) groups excluding carboxylic acids is 3. The van der Waals surface area contributed by atoms with Gasteiger partial charge in [0.25, 0.3) is 5.91 Å². The minimum absolute atomic E-state index is 0.138. The molecule has 198 valence electrons. The van der Waals surface area contributed by atoms with Gasteiger partial charge in [-0.3, -0.25) is 9.59 Å². The monoisotopic (exact) mass is 507 g/mol. The fraction of sp³-hybridized carbons (Fsp3) is 0.414.